The number of hydrogen-bond donors (Lipinski definition) is 2. The number of halogens is 2. The van der Waals surface area contributed by atoms with Gasteiger partial charge in [-0.15, -0.1) is 23.2 Å². The lowest BCUT2D eigenvalue weighted by Crippen LogP contribution is -2.19. The summed E-state index contributed by atoms with van der Waals surface area (Å²) in [5, 5.41) is 18.9. The number of hydrogen-bond acceptors (Lipinski definition) is 5. The third kappa shape index (κ3) is 11.1. The predicted octanol–water partition coefficient (Wildman–Crippen LogP) is 2.39. The summed E-state index contributed by atoms with van der Waals surface area (Å²) >= 11 is 16.4. The molecule has 0 aliphatic rings. The van der Waals surface area contributed by atoms with E-state index < -0.39 is 0 Å². The van der Waals surface area contributed by atoms with Crippen LogP contribution in [0.25, 0.3) is 0 Å². The standard InChI is InChI=1S/C10H20Cl2O2S3/c11-1-3-15-7-9(5-13)17-8-10(6-14)16-4-2-12/h9-10,13-14H,1-8H2. The first-order valence-electron chi connectivity index (χ1n) is 5.43. The molecule has 0 radical (unpaired) electrons. The van der Waals surface area contributed by atoms with Gasteiger partial charge in [-0.1, -0.05) is 0 Å². The van der Waals surface area contributed by atoms with Crippen LogP contribution in [0, 0.1) is 0 Å². The summed E-state index contributed by atoms with van der Waals surface area (Å²) in [5.41, 5.74) is 0. The Morgan fingerprint density at radius 1 is 0.824 bits per heavy atom. The third-order valence-corrected chi connectivity index (χ3v) is 6.87. The summed E-state index contributed by atoms with van der Waals surface area (Å²) in [6.45, 7) is 0.347. The molecule has 0 rings (SSSR count). The van der Waals surface area contributed by atoms with E-state index in [-0.39, 0.29) is 23.7 Å². The Hall–Kier alpha value is 1.55. The van der Waals surface area contributed by atoms with E-state index in [1.807, 2.05) is 0 Å². The van der Waals surface area contributed by atoms with Gasteiger partial charge in [0.05, 0.1) is 13.2 Å². The SMILES string of the molecule is OCC(CSCCCl)SCC(CO)SCCCl. The van der Waals surface area contributed by atoms with Crippen molar-refractivity contribution < 1.29 is 10.2 Å². The van der Waals surface area contributed by atoms with E-state index in [0.29, 0.717) is 11.8 Å². The van der Waals surface area contributed by atoms with Gasteiger partial charge in [0.2, 0.25) is 0 Å². The van der Waals surface area contributed by atoms with Crippen molar-refractivity contribution in [3.63, 3.8) is 0 Å². The van der Waals surface area contributed by atoms with Gasteiger partial charge >= 0.3 is 0 Å². The fourth-order valence-corrected chi connectivity index (χ4v) is 4.79. The summed E-state index contributed by atoms with van der Waals surface area (Å²) in [4.78, 5) is 0. The average molecular weight is 339 g/mol. The number of aliphatic hydroxyl groups is 2. The number of rotatable bonds is 12. The van der Waals surface area contributed by atoms with Crippen molar-refractivity contribution in [3.05, 3.63) is 0 Å². The van der Waals surface area contributed by atoms with Crippen LogP contribution in [0.1, 0.15) is 0 Å². The smallest absolute Gasteiger partial charge is 0.0558 e. The van der Waals surface area contributed by atoms with Crippen LogP contribution in [0.4, 0.5) is 0 Å². The van der Waals surface area contributed by atoms with Gasteiger partial charge in [-0.05, 0) is 0 Å². The Balaban J connectivity index is 3.69. The van der Waals surface area contributed by atoms with Crippen LogP contribution < -0.4 is 0 Å². The third-order valence-electron chi connectivity index (χ3n) is 1.88. The quantitative estimate of drug-likeness (QED) is 0.422. The zero-order chi connectivity index (χ0) is 12.9. The molecule has 0 spiro atoms. The molecule has 0 aliphatic heterocycles. The molecule has 104 valence electrons. The lowest BCUT2D eigenvalue weighted by Gasteiger charge is -2.17. The molecule has 2 N–H and O–H groups in total. The highest BCUT2D eigenvalue weighted by atomic mass is 35.5. The maximum absolute atomic E-state index is 9.23. The van der Waals surface area contributed by atoms with Crippen LogP contribution >= 0.6 is 58.5 Å². The van der Waals surface area contributed by atoms with Crippen LogP contribution in [0.15, 0.2) is 0 Å². The first-order valence-corrected chi connectivity index (χ1v) is 9.75. The second-order valence-electron chi connectivity index (χ2n) is 3.27. The second-order valence-corrected chi connectivity index (χ2v) is 7.91. The lowest BCUT2D eigenvalue weighted by atomic mass is 10.5. The molecule has 0 aliphatic carbocycles. The van der Waals surface area contributed by atoms with Crippen molar-refractivity contribution in [2.75, 3.05) is 48.0 Å². The Kier molecular flexibility index (Phi) is 15.2. The summed E-state index contributed by atoms with van der Waals surface area (Å²) in [7, 11) is 0. The monoisotopic (exact) mass is 338 g/mol. The molecule has 0 saturated carbocycles. The van der Waals surface area contributed by atoms with Crippen molar-refractivity contribution in [1.82, 2.24) is 0 Å². The summed E-state index contributed by atoms with van der Waals surface area (Å²) in [6, 6.07) is 0. The fraction of sp³-hybridized carbons (Fsp3) is 1.00. The number of alkyl halides is 2. The van der Waals surface area contributed by atoms with Crippen molar-refractivity contribution in [3.8, 4) is 0 Å². The van der Waals surface area contributed by atoms with Gasteiger partial charge in [0, 0.05) is 45.3 Å². The van der Waals surface area contributed by atoms with E-state index in [1.165, 1.54) is 0 Å². The molecule has 0 aromatic heterocycles. The molecule has 0 fully saturated rings. The zero-order valence-corrected chi connectivity index (χ0v) is 13.6. The van der Waals surface area contributed by atoms with Crippen LogP contribution in [0.3, 0.4) is 0 Å². The maximum Gasteiger partial charge on any atom is 0.0558 e. The first-order chi connectivity index (χ1) is 8.28. The molecule has 0 bridgehead atoms. The second kappa shape index (κ2) is 14.0. The predicted molar refractivity (Wildman–Crippen MR) is 85.4 cm³/mol. The van der Waals surface area contributed by atoms with E-state index in [1.54, 1.807) is 35.3 Å². The minimum absolute atomic E-state index is 0.168. The molecule has 0 amide bonds. The van der Waals surface area contributed by atoms with Gasteiger partial charge in [0.1, 0.15) is 0 Å². The van der Waals surface area contributed by atoms with Crippen LogP contribution in [-0.2, 0) is 0 Å². The van der Waals surface area contributed by atoms with Gasteiger partial charge in [-0.25, -0.2) is 0 Å². The molecule has 2 nitrogen and oxygen atoms in total. The van der Waals surface area contributed by atoms with Crippen molar-refractivity contribution in [1.29, 1.82) is 0 Å². The maximum atomic E-state index is 9.23. The van der Waals surface area contributed by atoms with E-state index in [9.17, 15) is 10.2 Å². The van der Waals surface area contributed by atoms with Gasteiger partial charge < -0.3 is 10.2 Å². The van der Waals surface area contributed by atoms with Gasteiger partial charge in [-0.2, -0.15) is 35.3 Å². The number of aliphatic hydroxyl groups excluding tert-OH is 2. The molecule has 0 heterocycles. The molecule has 7 heteroatoms. The van der Waals surface area contributed by atoms with Crippen LogP contribution in [0.5, 0.6) is 0 Å². The summed E-state index contributed by atoms with van der Waals surface area (Å²) in [6.07, 6.45) is 0. The normalized spacial score (nSPS) is 14.8. The largest absolute Gasteiger partial charge is 0.395 e. The lowest BCUT2D eigenvalue weighted by molar-refractivity contribution is 0.297. The topological polar surface area (TPSA) is 40.5 Å². The fourth-order valence-electron chi connectivity index (χ4n) is 1.03. The van der Waals surface area contributed by atoms with Gasteiger partial charge in [0.15, 0.2) is 0 Å². The molecular formula is C10H20Cl2O2S3. The Labute approximate surface area is 127 Å². The molecule has 0 aromatic carbocycles. The average Bonchev–Trinajstić information content (AvgIpc) is 2.36. The summed E-state index contributed by atoms with van der Waals surface area (Å²) < 4.78 is 0. The highest BCUT2D eigenvalue weighted by Gasteiger charge is 2.13. The Morgan fingerprint density at radius 2 is 1.41 bits per heavy atom. The van der Waals surface area contributed by atoms with E-state index in [2.05, 4.69) is 0 Å². The van der Waals surface area contributed by atoms with Gasteiger partial charge in [0.25, 0.3) is 0 Å². The molecule has 0 saturated heterocycles. The molecule has 2 unspecified atom stereocenters. The van der Waals surface area contributed by atoms with Crippen LogP contribution in [-0.4, -0.2) is 68.7 Å². The summed E-state index contributed by atoms with van der Waals surface area (Å²) in [5.74, 6) is 4.80. The molecule has 0 aromatic rings. The van der Waals surface area contributed by atoms with Crippen molar-refractivity contribution in [2.45, 2.75) is 10.5 Å². The molecular weight excluding hydrogens is 319 g/mol. The highest BCUT2D eigenvalue weighted by molar-refractivity contribution is 8.05. The Morgan fingerprint density at radius 3 is 1.94 bits per heavy atom. The molecule has 2 atom stereocenters. The number of thioether (sulfide) groups is 3. The highest BCUT2D eigenvalue weighted by Crippen LogP contribution is 2.22. The van der Waals surface area contributed by atoms with E-state index in [0.717, 1.165) is 23.0 Å². The van der Waals surface area contributed by atoms with E-state index in [4.69, 9.17) is 23.2 Å². The van der Waals surface area contributed by atoms with E-state index >= 15 is 0 Å². The molecule has 17 heavy (non-hydrogen) atoms. The minimum Gasteiger partial charge on any atom is -0.395 e. The van der Waals surface area contributed by atoms with Gasteiger partial charge in [-0.3, -0.25) is 0 Å². The zero-order valence-electron chi connectivity index (χ0n) is 9.69. The van der Waals surface area contributed by atoms with Crippen molar-refractivity contribution in [2.24, 2.45) is 0 Å². The van der Waals surface area contributed by atoms with Crippen LogP contribution in [0.2, 0.25) is 0 Å². The Bertz CT molecular complexity index is 166. The van der Waals surface area contributed by atoms with Crippen molar-refractivity contribution >= 4 is 58.5 Å². The first kappa shape index (κ1) is 18.6. The minimum atomic E-state index is 0.168.